The maximum absolute atomic E-state index is 12.7. The second-order valence-electron chi connectivity index (χ2n) is 7.09. The molecule has 122 valence electrons. The largest absolute Gasteiger partial charge is 0.324 e. The minimum absolute atomic E-state index is 0.0858. The molecule has 23 heavy (non-hydrogen) atoms. The summed E-state index contributed by atoms with van der Waals surface area (Å²) in [6.07, 6.45) is 1.26. The molecule has 3 rings (SSSR count). The second kappa shape index (κ2) is 6.71. The Morgan fingerprint density at radius 1 is 1.09 bits per heavy atom. The molecule has 0 aromatic heterocycles. The molecule has 3 nitrogen and oxygen atoms in total. The van der Waals surface area contributed by atoms with Gasteiger partial charge in [0.2, 0.25) is 5.91 Å². The molecule has 1 fully saturated rings. The SMILES string of the molecule is C[C@@H]1C[C@@H](C)CN([C@H](C)C(=O)Nc2cccc3ccccc23)C1. The monoisotopic (exact) mass is 310 g/mol. The Hall–Kier alpha value is -1.87. The van der Waals surface area contributed by atoms with Crippen molar-refractivity contribution in [2.45, 2.75) is 33.2 Å². The van der Waals surface area contributed by atoms with Gasteiger partial charge in [0.1, 0.15) is 0 Å². The van der Waals surface area contributed by atoms with E-state index in [9.17, 15) is 4.79 Å². The van der Waals surface area contributed by atoms with Crippen molar-refractivity contribution in [3.63, 3.8) is 0 Å². The van der Waals surface area contributed by atoms with Crippen molar-refractivity contribution in [3.8, 4) is 0 Å². The molecule has 1 N–H and O–H groups in total. The Balaban J connectivity index is 1.75. The second-order valence-corrected chi connectivity index (χ2v) is 7.09. The van der Waals surface area contributed by atoms with Crippen LogP contribution in [0.2, 0.25) is 0 Å². The molecule has 0 spiro atoms. The van der Waals surface area contributed by atoms with E-state index in [4.69, 9.17) is 0 Å². The van der Waals surface area contributed by atoms with Crippen molar-refractivity contribution >= 4 is 22.4 Å². The van der Waals surface area contributed by atoms with E-state index >= 15 is 0 Å². The van der Waals surface area contributed by atoms with Crippen LogP contribution in [0.25, 0.3) is 10.8 Å². The summed E-state index contributed by atoms with van der Waals surface area (Å²) in [5.41, 5.74) is 0.901. The first-order valence-corrected chi connectivity index (χ1v) is 8.57. The first-order valence-electron chi connectivity index (χ1n) is 8.57. The zero-order valence-electron chi connectivity index (χ0n) is 14.3. The van der Waals surface area contributed by atoms with Gasteiger partial charge in [-0.05, 0) is 36.6 Å². The highest BCUT2D eigenvalue weighted by Gasteiger charge is 2.28. The van der Waals surface area contributed by atoms with E-state index in [2.05, 4.69) is 42.3 Å². The van der Waals surface area contributed by atoms with Crippen LogP contribution in [-0.4, -0.2) is 29.9 Å². The Bertz CT molecular complexity index is 682. The summed E-state index contributed by atoms with van der Waals surface area (Å²) in [6.45, 7) is 8.59. The van der Waals surface area contributed by atoms with Gasteiger partial charge in [0.05, 0.1) is 6.04 Å². The Morgan fingerprint density at radius 2 is 1.74 bits per heavy atom. The molecule has 1 saturated heterocycles. The highest BCUT2D eigenvalue weighted by atomic mass is 16.2. The van der Waals surface area contributed by atoms with E-state index in [0.717, 1.165) is 29.5 Å². The number of benzene rings is 2. The fraction of sp³-hybridized carbons (Fsp3) is 0.450. The standard InChI is InChI=1S/C20H26N2O/c1-14-11-15(2)13-22(12-14)16(3)20(23)21-19-10-6-8-17-7-4-5-9-18(17)19/h4-10,14-16H,11-13H2,1-3H3,(H,21,23)/t14-,15-,16-/m1/s1. The summed E-state index contributed by atoms with van der Waals surface area (Å²) in [6, 6.07) is 14.1. The predicted molar refractivity (Wildman–Crippen MR) is 96.6 cm³/mol. The molecule has 1 aliphatic heterocycles. The molecule has 0 aliphatic carbocycles. The Morgan fingerprint density at radius 3 is 2.48 bits per heavy atom. The number of rotatable bonds is 3. The maximum atomic E-state index is 12.7. The molecule has 1 heterocycles. The highest BCUT2D eigenvalue weighted by Crippen LogP contribution is 2.25. The van der Waals surface area contributed by atoms with E-state index < -0.39 is 0 Å². The van der Waals surface area contributed by atoms with Crippen LogP contribution in [0.5, 0.6) is 0 Å². The molecule has 1 amide bonds. The lowest BCUT2D eigenvalue weighted by Crippen LogP contribution is -2.48. The number of fused-ring (bicyclic) bond motifs is 1. The number of carbonyl (C=O) groups excluding carboxylic acids is 1. The van der Waals surface area contributed by atoms with E-state index in [-0.39, 0.29) is 11.9 Å². The van der Waals surface area contributed by atoms with Gasteiger partial charge in [-0.2, -0.15) is 0 Å². The third kappa shape index (κ3) is 3.56. The van der Waals surface area contributed by atoms with Crippen LogP contribution >= 0.6 is 0 Å². The summed E-state index contributed by atoms with van der Waals surface area (Å²) in [7, 11) is 0. The molecule has 0 bridgehead atoms. The fourth-order valence-electron chi connectivity index (χ4n) is 3.76. The number of hydrogen-bond donors (Lipinski definition) is 1. The number of nitrogens with zero attached hydrogens (tertiary/aromatic N) is 1. The molecular weight excluding hydrogens is 284 g/mol. The number of anilines is 1. The lowest BCUT2D eigenvalue weighted by molar-refractivity contribution is -0.121. The van der Waals surface area contributed by atoms with Crippen molar-refractivity contribution in [2.75, 3.05) is 18.4 Å². The van der Waals surface area contributed by atoms with Crippen molar-refractivity contribution in [1.29, 1.82) is 0 Å². The molecule has 3 atom stereocenters. The van der Waals surface area contributed by atoms with Crippen LogP contribution < -0.4 is 5.32 Å². The molecule has 3 heteroatoms. The van der Waals surface area contributed by atoms with Crippen LogP contribution in [0.4, 0.5) is 5.69 Å². The minimum Gasteiger partial charge on any atom is -0.324 e. The number of amides is 1. The molecule has 0 radical (unpaired) electrons. The number of carbonyl (C=O) groups is 1. The predicted octanol–water partition coefficient (Wildman–Crippen LogP) is 4.14. The third-order valence-corrected chi connectivity index (χ3v) is 4.87. The molecule has 1 aliphatic rings. The van der Waals surface area contributed by atoms with Crippen LogP contribution in [0.1, 0.15) is 27.2 Å². The van der Waals surface area contributed by atoms with Gasteiger partial charge >= 0.3 is 0 Å². The fourth-order valence-corrected chi connectivity index (χ4v) is 3.76. The van der Waals surface area contributed by atoms with Crippen LogP contribution in [0.3, 0.4) is 0 Å². The Labute approximate surface area is 138 Å². The van der Waals surface area contributed by atoms with Gasteiger partial charge in [-0.3, -0.25) is 9.69 Å². The smallest absolute Gasteiger partial charge is 0.241 e. The summed E-state index contributed by atoms with van der Waals surface area (Å²) >= 11 is 0. The van der Waals surface area contributed by atoms with Crippen molar-refractivity contribution in [2.24, 2.45) is 11.8 Å². The number of nitrogens with one attached hydrogen (secondary N) is 1. The summed E-state index contributed by atoms with van der Waals surface area (Å²) in [4.78, 5) is 15.0. The van der Waals surface area contributed by atoms with Crippen LogP contribution in [-0.2, 0) is 4.79 Å². The van der Waals surface area contributed by atoms with E-state index in [1.165, 1.54) is 6.42 Å². The zero-order chi connectivity index (χ0) is 16.4. The van der Waals surface area contributed by atoms with Gasteiger partial charge in [-0.15, -0.1) is 0 Å². The lowest BCUT2D eigenvalue weighted by atomic mass is 9.91. The topological polar surface area (TPSA) is 32.3 Å². The van der Waals surface area contributed by atoms with Gasteiger partial charge in [0, 0.05) is 24.2 Å². The maximum Gasteiger partial charge on any atom is 0.241 e. The number of hydrogen-bond acceptors (Lipinski definition) is 2. The minimum atomic E-state index is -0.0980. The van der Waals surface area contributed by atoms with Crippen molar-refractivity contribution < 1.29 is 4.79 Å². The van der Waals surface area contributed by atoms with Crippen LogP contribution in [0, 0.1) is 11.8 Å². The molecule has 0 saturated carbocycles. The third-order valence-electron chi connectivity index (χ3n) is 4.87. The first kappa shape index (κ1) is 16.0. The quantitative estimate of drug-likeness (QED) is 0.924. The van der Waals surface area contributed by atoms with E-state index in [1.54, 1.807) is 0 Å². The molecule has 2 aromatic rings. The lowest BCUT2D eigenvalue weighted by Gasteiger charge is -2.38. The van der Waals surface area contributed by atoms with Gasteiger partial charge in [0.15, 0.2) is 0 Å². The summed E-state index contributed by atoms with van der Waals surface area (Å²) < 4.78 is 0. The van der Waals surface area contributed by atoms with E-state index in [0.29, 0.717) is 11.8 Å². The Kier molecular flexibility index (Phi) is 4.67. The molecular formula is C20H26N2O. The van der Waals surface area contributed by atoms with Gasteiger partial charge in [-0.1, -0.05) is 50.2 Å². The average Bonchev–Trinajstić information content (AvgIpc) is 2.53. The normalized spacial score (nSPS) is 23.6. The summed E-state index contributed by atoms with van der Waals surface area (Å²) in [5.74, 6) is 1.40. The van der Waals surface area contributed by atoms with Gasteiger partial charge in [-0.25, -0.2) is 0 Å². The summed E-state index contributed by atoms with van der Waals surface area (Å²) in [5, 5.41) is 5.38. The van der Waals surface area contributed by atoms with Gasteiger partial charge in [0.25, 0.3) is 0 Å². The highest BCUT2D eigenvalue weighted by molar-refractivity contribution is 6.03. The van der Waals surface area contributed by atoms with E-state index in [1.807, 2.05) is 31.2 Å². The number of piperidine rings is 1. The van der Waals surface area contributed by atoms with Crippen molar-refractivity contribution in [1.82, 2.24) is 4.90 Å². The van der Waals surface area contributed by atoms with Gasteiger partial charge < -0.3 is 5.32 Å². The molecule has 2 aromatic carbocycles. The molecule has 0 unspecified atom stereocenters. The zero-order valence-corrected chi connectivity index (χ0v) is 14.3. The average molecular weight is 310 g/mol. The first-order chi connectivity index (χ1) is 11.0. The number of likely N-dealkylation sites (tertiary alicyclic amines) is 1. The van der Waals surface area contributed by atoms with Crippen molar-refractivity contribution in [3.05, 3.63) is 42.5 Å². The van der Waals surface area contributed by atoms with Crippen LogP contribution in [0.15, 0.2) is 42.5 Å².